The summed E-state index contributed by atoms with van der Waals surface area (Å²) in [6.07, 6.45) is 6.19. The fourth-order valence-electron chi connectivity index (χ4n) is 3.61. The van der Waals surface area contributed by atoms with Crippen LogP contribution in [-0.4, -0.2) is 35.4 Å². The molecule has 2 unspecified atom stereocenters. The first-order valence-electron chi connectivity index (χ1n) is 7.08. The Morgan fingerprint density at radius 3 is 2.94 bits per heavy atom. The number of ketones is 1. The van der Waals surface area contributed by atoms with Crippen LogP contribution in [0.1, 0.15) is 48.3 Å². The topological polar surface area (TPSA) is 25.2 Å². The Morgan fingerprint density at radius 1 is 1.33 bits per heavy atom. The van der Waals surface area contributed by atoms with Crippen LogP contribution in [0.15, 0.2) is 12.3 Å². The van der Waals surface area contributed by atoms with Crippen LogP contribution >= 0.6 is 0 Å². The highest BCUT2D eigenvalue weighted by atomic mass is 16.1. The number of likely N-dealkylation sites (tertiary alicyclic amines) is 1. The Balaban J connectivity index is 1.91. The first-order valence-corrected chi connectivity index (χ1v) is 7.08. The van der Waals surface area contributed by atoms with E-state index in [0.29, 0.717) is 17.7 Å². The average Bonchev–Trinajstić information content (AvgIpc) is 2.74. The highest BCUT2D eigenvalue weighted by Gasteiger charge is 2.29. The highest BCUT2D eigenvalue weighted by Crippen LogP contribution is 2.32. The number of nitrogens with zero attached hydrogens (tertiary/aromatic N) is 2. The lowest BCUT2D eigenvalue weighted by molar-refractivity contribution is 0.0969. The molecule has 0 bridgehead atoms. The van der Waals surface area contributed by atoms with Crippen molar-refractivity contribution >= 4 is 5.78 Å². The number of hydrogen-bond donors (Lipinski definition) is 0. The summed E-state index contributed by atoms with van der Waals surface area (Å²) in [4.78, 5) is 14.3. The third-order valence-corrected chi connectivity index (χ3v) is 4.56. The fourth-order valence-corrected chi connectivity index (χ4v) is 3.61. The third kappa shape index (κ3) is 1.91. The fraction of sp³-hybridized carbons (Fsp3) is 0.667. The van der Waals surface area contributed by atoms with Crippen LogP contribution in [0.4, 0.5) is 0 Å². The zero-order chi connectivity index (χ0) is 12.7. The molecule has 0 aromatic carbocycles. The Morgan fingerprint density at radius 2 is 2.17 bits per heavy atom. The maximum Gasteiger partial charge on any atom is 0.164 e. The third-order valence-electron chi connectivity index (χ3n) is 4.56. The predicted molar refractivity (Wildman–Crippen MR) is 72.0 cm³/mol. The Hall–Kier alpha value is -1.09. The largest absolute Gasteiger partial charge is 0.347 e. The number of carbonyl (C=O) groups excluding carboxylic acids is 1. The van der Waals surface area contributed by atoms with Crippen LogP contribution < -0.4 is 0 Å². The lowest BCUT2D eigenvalue weighted by Gasteiger charge is -2.37. The van der Waals surface area contributed by atoms with E-state index in [9.17, 15) is 4.79 Å². The molecule has 1 aromatic rings. The zero-order valence-electron chi connectivity index (χ0n) is 11.4. The number of carbonyl (C=O) groups is 1. The van der Waals surface area contributed by atoms with Gasteiger partial charge in [-0.1, -0.05) is 6.92 Å². The molecule has 0 amide bonds. The summed E-state index contributed by atoms with van der Waals surface area (Å²) in [5.74, 6) is 1.01. The van der Waals surface area contributed by atoms with Gasteiger partial charge in [0, 0.05) is 36.5 Å². The van der Waals surface area contributed by atoms with Gasteiger partial charge in [0.2, 0.25) is 0 Å². The van der Waals surface area contributed by atoms with Crippen molar-refractivity contribution in [3.63, 3.8) is 0 Å². The first-order chi connectivity index (χ1) is 8.66. The quantitative estimate of drug-likeness (QED) is 0.761. The van der Waals surface area contributed by atoms with Crippen LogP contribution in [-0.2, 0) is 6.42 Å². The molecule has 98 valence electrons. The molecule has 1 aliphatic carbocycles. The molecule has 1 aliphatic heterocycles. The van der Waals surface area contributed by atoms with Gasteiger partial charge in [-0.3, -0.25) is 4.79 Å². The molecule has 3 rings (SSSR count). The first kappa shape index (κ1) is 12.0. The van der Waals surface area contributed by atoms with Crippen LogP contribution in [0.25, 0.3) is 0 Å². The van der Waals surface area contributed by atoms with E-state index in [1.165, 1.54) is 12.1 Å². The number of fused-ring (bicyclic) bond motifs is 1. The lowest BCUT2D eigenvalue weighted by atomic mass is 9.92. The molecule has 18 heavy (non-hydrogen) atoms. The van der Waals surface area contributed by atoms with Crippen LogP contribution in [0.3, 0.4) is 0 Å². The number of Topliss-reactive ketones (excluding diaryl/α,β-unsaturated/α-hetero) is 1. The van der Waals surface area contributed by atoms with Gasteiger partial charge in [-0.25, -0.2) is 0 Å². The summed E-state index contributed by atoms with van der Waals surface area (Å²) in [6.45, 7) is 4.65. The minimum Gasteiger partial charge on any atom is -0.347 e. The van der Waals surface area contributed by atoms with Crippen molar-refractivity contribution in [2.45, 2.75) is 38.6 Å². The summed E-state index contributed by atoms with van der Waals surface area (Å²) in [5, 5.41) is 0. The maximum absolute atomic E-state index is 11.9. The van der Waals surface area contributed by atoms with Crippen LogP contribution in [0.5, 0.6) is 0 Å². The molecule has 2 heterocycles. The van der Waals surface area contributed by atoms with Crippen molar-refractivity contribution in [1.82, 2.24) is 9.47 Å². The Kier molecular flexibility index (Phi) is 3.02. The molecule has 3 heteroatoms. The summed E-state index contributed by atoms with van der Waals surface area (Å²) >= 11 is 0. The number of piperidine rings is 1. The summed E-state index contributed by atoms with van der Waals surface area (Å²) in [6, 6.07) is 2.62. The van der Waals surface area contributed by atoms with Crippen LogP contribution in [0.2, 0.25) is 0 Å². The standard InChI is InChI=1S/C15H22N2O/c1-11-10-16(2)8-7-13(11)17-9-6-12-14(17)4-3-5-15(12)18/h6,9,11,13H,3-5,7-8,10H2,1-2H3. The van der Waals surface area contributed by atoms with Gasteiger partial charge in [0.1, 0.15) is 0 Å². The maximum atomic E-state index is 11.9. The molecule has 3 nitrogen and oxygen atoms in total. The molecule has 1 fully saturated rings. The highest BCUT2D eigenvalue weighted by molar-refractivity contribution is 5.98. The molecular formula is C15H22N2O. The van der Waals surface area contributed by atoms with Crippen molar-refractivity contribution in [3.8, 4) is 0 Å². The van der Waals surface area contributed by atoms with Gasteiger partial charge < -0.3 is 9.47 Å². The molecule has 0 saturated carbocycles. The van der Waals surface area contributed by atoms with Gasteiger partial charge in [-0.15, -0.1) is 0 Å². The second-order valence-corrected chi connectivity index (χ2v) is 5.96. The van der Waals surface area contributed by atoms with Crippen molar-refractivity contribution in [2.75, 3.05) is 20.1 Å². The second-order valence-electron chi connectivity index (χ2n) is 5.96. The molecule has 1 aromatic heterocycles. The molecule has 2 atom stereocenters. The predicted octanol–water partition coefficient (Wildman–Crippen LogP) is 2.52. The van der Waals surface area contributed by atoms with E-state index in [2.05, 4.69) is 29.6 Å². The summed E-state index contributed by atoms with van der Waals surface area (Å²) in [5.41, 5.74) is 2.29. The molecule has 0 spiro atoms. The van der Waals surface area contributed by atoms with E-state index in [-0.39, 0.29) is 0 Å². The monoisotopic (exact) mass is 246 g/mol. The lowest BCUT2D eigenvalue weighted by Crippen LogP contribution is -2.38. The number of rotatable bonds is 1. The summed E-state index contributed by atoms with van der Waals surface area (Å²) < 4.78 is 2.41. The normalized spacial score (nSPS) is 29.3. The minimum absolute atomic E-state index is 0.343. The van der Waals surface area contributed by atoms with E-state index >= 15 is 0 Å². The van der Waals surface area contributed by atoms with Gasteiger partial charge in [0.25, 0.3) is 0 Å². The van der Waals surface area contributed by atoms with Gasteiger partial charge in [-0.05, 0) is 44.8 Å². The molecule has 2 aliphatic rings. The van der Waals surface area contributed by atoms with Crippen molar-refractivity contribution in [3.05, 3.63) is 23.5 Å². The van der Waals surface area contributed by atoms with Gasteiger partial charge >= 0.3 is 0 Å². The van der Waals surface area contributed by atoms with Crippen LogP contribution in [0, 0.1) is 5.92 Å². The molecule has 1 saturated heterocycles. The summed E-state index contributed by atoms with van der Waals surface area (Å²) in [7, 11) is 2.20. The van der Waals surface area contributed by atoms with E-state index < -0.39 is 0 Å². The van der Waals surface area contributed by atoms with Gasteiger partial charge in [-0.2, -0.15) is 0 Å². The van der Waals surface area contributed by atoms with E-state index in [1.54, 1.807) is 0 Å². The minimum atomic E-state index is 0.343. The van der Waals surface area contributed by atoms with Gasteiger partial charge in [0.15, 0.2) is 5.78 Å². The SMILES string of the molecule is CC1CN(C)CCC1n1ccc2c1CCCC2=O. The van der Waals surface area contributed by atoms with Gasteiger partial charge in [0.05, 0.1) is 0 Å². The van der Waals surface area contributed by atoms with E-state index in [1.807, 2.05) is 6.07 Å². The molecule has 0 radical (unpaired) electrons. The zero-order valence-corrected chi connectivity index (χ0v) is 11.4. The Bertz CT molecular complexity index is 463. The van der Waals surface area contributed by atoms with Crippen molar-refractivity contribution in [1.29, 1.82) is 0 Å². The number of hydrogen-bond acceptors (Lipinski definition) is 2. The van der Waals surface area contributed by atoms with E-state index in [4.69, 9.17) is 0 Å². The molecular weight excluding hydrogens is 224 g/mol. The Labute approximate surface area is 109 Å². The molecule has 0 N–H and O–H groups in total. The smallest absolute Gasteiger partial charge is 0.164 e. The van der Waals surface area contributed by atoms with Crippen molar-refractivity contribution < 1.29 is 4.79 Å². The average molecular weight is 246 g/mol. The number of aromatic nitrogens is 1. The van der Waals surface area contributed by atoms with E-state index in [0.717, 1.165) is 37.9 Å². The van der Waals surface area contributed by atoms with Crippen molar-refractivity contribution in [2.24, 2.45) is 5.92 Å². The second kappa shape index (κ2) is 4.54.